The number of aromatic carboxylic acids is 1. The Morgan fingerprint density at radius 3 is 2.34 bits per heavy atom. The highest BCUT2D eigenvalue weighted by molar-refractivity contribution is 7.85. The minimum absolute atomic E-state index is 0.00680. The van der Waals surface area contributed by atoms with Gasteiger partial charge in [-0.2, -0.15) is 13.2 Å². The average Bonchev–Trinajstić information content (AvgIpc) is 3.81. The quantitative estimate of drug-likeness (QED) is 0.208. The second-order valence-corrected chi connectivity index (χ2v) is 11.4. The van der Waals surface area contributed by atoms with Gasteiger partial charge in [0, 0.05) is 28.1 Å². The van der Waals surface area contributed by atoms with Crippen molar-refractivity contribution in [2.75, 3.05) is 4.90 Å². The van der Waals surface area contributed by atoms with E-state index in [1.165, 1.54) is 18.2 Å². The van der Waals surface area contributed by atoms with Gasteiger partial charge in [0.2, 0.25) is 5.78 Å². The van der Waals surface area contributed by atoms with E-state index in [1.807, 2.05) is 24.3 Å². The van der Waals surface area contributed by atoms with Crippen molar-refractivity contribution in [2.24, 2.45) is 0 Å². The molecule has 6 nitrogen and oxygen atoms in total. The molecule has 1 aromatic heterocycles. The first-order valence-electron chi connectivity index (χ1n) is 12.5. The number of carbonyl (C=O) groups excluding carboxylic acids is 1. The van der Waals surface area contributed by atoms with Crippen molar-refractivity contribution in [1.82, 2.24) is 4.98 Å². The van der Waals surface area contributed by atoms with E-state index in [-0.39, 0.29) is 21.0 Å². The second-order valence-electron chi connectivity index (χ2n) is 9.53. The molecule has 11 heteroatoms. The number of hydrogen-bond donors (Lipinski definition) is 1. The molecule has 0 radical (unpaired) electrons. The van der Waals surface area contributed by atoms with Gasteiger partial charge in [-0.05, 0) is 79.1 Å². The summed E-state index contributed by atoms with van der Waals surface area (Å²) < 4.78 is 52.5. The van der Waals surface area contributed by atoms with Crippen LogP contribution in [-0.4, -0.2) is 32.1 Å². The molecule has 3 aromatic carbocycles. The second kappa shape index (κ2) is 11.5. The summed E-state index contributed by atoms with van der Waals surface area (Å²) in [5.41, 5.74) is 0.523. The molecule has 1 fully saturated rings. The summed E-state index contributed by atoms with van der Waals surface area (Å²) in [6, 6.07) is 18.7. The molecular weight excluding hydrogens is 577 g/mol. The number of alkyl halides is 3. The molecular formula is C30H22ClF3N2O4S. The predicted molar refractivity (Wildman–Crippen MR) is 148 cm³/mol. The molecule has 0 spiro atoms. The maximum Gasteiger partial charge on any atom is 0.416 e. The van der Waals surface area contributed by atoms with Crippen LogP contribution in [0.15, 0.2) is 94.9 Å². The molecule has 0 aliphatic heterocycles. The van der Waals surface area contributed by atoms with E-state index >= 15 is 0 Å². The van der Waals surface area contributed by atoms with Gasteiger partial charge >= 0.3 is 12.1 Å². The monoisotopic (exact) mass is 598 g/mol. The molecule has 1 heterocycles. The highest BCUT2D eigenvalue weighted by atomic mass is 35.5. The number of anilines is 1. The first-order valence-corrected chi connectivity index (χ1v) is 14.0. The van der Waals surface area contributed by atoms with Crippen LogP contribution in [0.25, 0.3) is 0 Å². The Balaban J connectivity index is 1.38. The van der Waals surface area contributed by atoms with Crippen LogP contribution in [-0.2, 0) is 23.5 Å². The zero-order valence-corrected chi connectivity index (χ0v) is 22.8. The number of carbonyl (C=O) groups is 2. The Morgan fingerprint density at radius 1 is 1.00 bits per heavy atom. The van der Waals surface area contributed by atoms with E-state index in [2.05, 4.69) is 9.88 Å². The fourth-order valence-corrected chi connectivity index (χ4v) is 5.71. The van der Waals surface area contributed by atoms with Crippen LogP contribution < -0.4 is 4.90 Å². The summed E-state index contributed by atoms with van der Waals surface area (Å²) in [7, 11) is -2.24. The highest BCUT2D eigenvalue weighted by Gasteiger charge is 2.32. The van der Waals surface area contributed by atoms with Crippen LogP contribution in [0.1, 0.15) is 50.4 Å². The Hall–Kier alpha value is -4.02. The van der Waals surface area contributed by atoms with Crippen molar-refractivity contribution in [3.63, 3.8) is 0 Å². The van der Waals surface area contributed by atoms with Crippen LogP contribution in [0.4, 0.5) is 18.9 Å². The number of benzene rings is 3. The van der Waals surface area contributed by atoms with Gasteiger partial charge in [-0.3, -0.25) is 9.78 Å². The third-order valence-electron chi connectivity index (χ3n) is 6.61. The lowest BCUT2D eigenvalue weighted by molar-refractivity contribution is -0.137. The van der Waals surface area contributed by atoms with Gasteiger partial charge in [0.1, 0.15) is 5.69 Å². The normalized spacial score (nSPS) is 14.0. The van der Waals surface area contributed by atoms with Crippen LogP contribution in [0.2, 0.25) is 5.02 Å². The molecule has 1 saturated carbocycles. The average molecular weight is 599 g/mol. The zero-order chi connectivity index (χ0) is 29.3. The van der Waals surface area contributed by atoms with Gasteiger partial charge in [-0.1, -0.05) is 29.8 Å². The Morgan fingerprint density at radius 2 is 1.73 bits per heavy atom. The summed E-state index contributed by atoms with van der Waals surface area (Å²) in [5, 5.41) is 10.4. The minimum Gasteiger partial charge on any atom is -0.478 e. The SMILES string of the molecule is O=C(c1ccc(S(=O)c2cccc(C(F)(F)F)c2)c(C(=O)O)c1)c1ccc(N(Cc2ccc(Cl)cc2)C2CC2)cn1. The lowest BCUT2D eigenvalue weighted by atomic mass is 10.0. The first-order chi connectivity index (χ1) is 19.5. The molecule has 0 saturated heterocycles. The van der Waals surface area contributed by atoms with Gasteiger partial charge in [0.15, 0.2) is 0 Å². The van der Waals surface area contributed by atoms with E-state index in [1.54, 1.807) is 18.3 Å². The van der Waals surface area contributed by atoms with Crippen molar-refractivity contribution in [2.45, 2.75) is 41.4 Å². The van der Waals surface area contributed by atoms with Crippen molar-refractivity contribution in [3.05, 3.63) is 118 Å². The molecule has 1 aliphatic carbocycles. The van der Waals surface area contributed by atoms with Crippen LogP contribution in [0.5, 0.6) is 0 Å². The largest absolute Gasteiger partial charge is 0.478 e. The summed E-state index contributed by atoms with van der Waals surface area (Å²) in [6.07, 6.45) is -0.974. The number of halogens is 4. The number of aromatic nitrogens is 1. The van der Waals surface area contributed by atoms with Crippen molar-refractivity contribution >= 4 is 39.8 Å². The molecule has 1 unspecified atom stereocenters. The molecule has 0 bridgehead atoms. The number of rotatable bonds is 9. The topological polar surface area (TPSA) is 87.6 Å². The molecule has 4 aromatic rings. The Bertz CT molecular complexity index is 1640. The Labute approximate surface area is 240 Å². The van der Waals surface area contributed by atoms with E-state index in [0.29, 0.717) is 23.7 Å². The van der Waals surface area contributed by atoms with E-state index in [0.717, 1.165) is 42.3 Å². The van der Waals surface area contributed by atoms with Gasteiger partial charge in [0.25, 0.3) is 0 Å². The molecule has 1 N–H and O–H groups in total. The van der Waals surface area contributed by atoms with Crippen molar-refractivity contribution < 1.29 is 32.1 Å². The number of nitrogens with zero attached hydrogens (tertiary/aromatic N) is 2. The fraction of sp³-hybridized carbons (Fsp3) is 0.167. The van der Waals surface area contributed by atoms with Gasteiger partial charge in [-0.25, -0.2) is 9.00 Å². The summed E-state index contributed by atoms with van der Waals surface area (Å²) >= 11 is 6.00. The molecule has 5 rings (SSSR count). The minimum atomic E-state index is -4.65. The maximum atomic E-state index is 13.2. The molecule has 1 atom stereocenters. The molecule has 0 amide bonds. The number of pyridine rings is 1. The number of hydrogen-bond acceptors (Lipinski definition) is 5. The first kappa shape index (κ1) is 28.5. The molecule has 1 aliphatic rings. The standard InChI is InChI=1S/C30H22ClF3N2O4S/c31-21-7-4-18(5-8-21)17-36(22-9-10-22)23-11-12-26(35-16-23)28(37)19-6-13-27(25(14-19)29(38)39)41(40)24-3-1-2-20(15-24)30(32,33)34/h1-8,11-16,22H,9-10,17H2,(H,38,39). The van der Waals surface area contributed by atoms with Gasteiger partial charge in [-0.15, -0.1) is 0 Å². The zero-order valence-electron chi connectivity index (χ0n) is 21.3. The fourth-order valence-electron chi connectivity index (χ4n) is 4.36. The maximum absolute atomic E-state index is 13.2. The third-order valence-corrected chi connectivity index (χ3v) is 8.30. The summed E-state index contributed by atoms with van der Waals surface area (Å²) in [5.74, 6) is -2.02. The number of ketones is 1. The lowest BCUT2D eigenvalue weighted by Gasteiger charge is -2.24. The van der Waals surface area contributed by atoms with Gasteiger partial charge in [0.05, 0.1) is 38.7 Å². The number of carboxylic acids is 1. The smallest absolute Gasteiger partial charge is 0.416 e. The molecule has 210 valence electrons. The van der Waals surface area contributed by atoms with E-state index in [9.17, 15) is 32.1 Å². The highest BCUT2D eigenvalue weighted by Crippen LogP contribution is 2.34. The van der Waals surface area contributed by atoms with Crippen LogP contribution in [0, 0.1) is 0 Å². The third kappa shape index (κ3) is 6.49. The summed E-state index contributed by atoms with van der Waals surface area (Å²) in [4.78, 5) is 31.3. The van der Waals surface area contributed by atoms with Crippen LogP contribution >= 0.6 is 11.6 Å². The van der Waals surface area contributed by atoms with Crippen molar-refractivity contribution in [1.29, 1.82) is 0 Å². The van der Waals surface area contributed by atoms with Crippen LogP contribution in [0.3, 0.4) is 0 Å². The molecule has 41 heavy (non-hydrogen) atoms. The van der Waals surface area contributed by atoms with E-state index < -0.39 is 39.9 Å². The Kier molecular flexibility index (Phi) is 7.97. The van der Waals surface area contributed by atoms with Crippen molar-refractivity contribution in [3.8, 4) is 0 Å². The number of carboxylic acid groups (broad SMARTS) is 1. The summed E-state index contributed by atoms with van der Waals surface area (Å²) in [6.45, 7) is 0.642. The lowest BCUT2D eigenvalue weighted by Crippen LogP contribution is -2.25. The van der Waals surface area contributed by atoms with E-state index in [4.69, 9.17) is 11.6 Å². The van der Waals surface area contributed by atoms with Gasteiger partial charge < -0.3 is 10.0 Å². The predicted octanol–water partition coefficient (Wildman–Crippen LogP) is 7.02.